The highest BCUT2D eigenvalue weighted by Crippen LogP contribution is 2.32. The van der Waals surface area contributed by atoms with E-state index in [1.807, 2.05) is 0 Å². The van der Waals surface area contributed by atoms with E-state index in [1.54, 1.807) is 5.56 Å². The lowest BCUT2D eigenvalue weighted by Crippen LogP contribution is -2.27. The minimum atomic E-state index is 0.579. The van der Waals surface area contributed by atoms with Crippen molar-refractivity contribution in [3.8, 4) is 0 Å². The zero-order valence-corrected chi connectivity index (χ0v) is 12.3. The molecule has 0 aliphatic carbocycles. The molecule has 100 valence electrons. The zero-order chi connectivity index (χ0) is 13.1. The molecule has 1 aromatic rings. The molecule has 0 saturated carbocycles. The van der Waals surface area contributed by atoms with Crippen molar-refractivity contribution in [3.05, 3.63) is 34.9 Å². The molecule has 1 N–H and O–H groups in total. The molecule has 1 aromatic carbocycles. The van der Waals surface area contributed by atoms with Crippen LogP contribution in [-0.4, -0.2) is 6.54 Å². The summed E-state index contributed by atoms with van der Waals surface area (Å²) in [5.74, 6) is 1.23. The highest BCUT2D eigenvalue weighted by atomic mass is 14.9. The van der Waals surface area contributed by atoms with Gasteiger partial charge in [0.25, 0.3) is 0 Å². The molecule has 18 heavy (non-hydrogen) atoms. The highest BCUT2D eigenvalue weighted by molar-refractivity contribution is 5.37. The van der Waals surface area contributed by atoms with E-state index < -0.39 is 0 Å². The van der Waals surface area contributed by atoms with Crippen molar-refractivity contribution >= 4 is 0 Å². The maximum absolute atomic E-state index is 3.70. The van der Waals surface area contributed by atoms with Gasteiger partial charge >= 0.3 is 0 Å². The van der Waals surface area contributed by atoms with E-state index in [0.29, 0.717) is 17.9 Å². The first-order chi connectivity index (χ1) is 8.59. The SMILES string of the molecule is CC(C)c1ccc(C(C)C)c(C2CCCCN2)c1. The molecule has 1 heterocycles. The highest BCUT2D eigenvalue weighted by Gasteiger charge is 2.19. The second-order valence-corrected chi connectivity index (χ2v) is 6.20. The third kappa shape index (κ3) is 2.95. The maximum Gasteiger partial charge on any atom is 0.0323 e. The van der Waals surface area contributed by atoms with Gasteiger partial charge in [-0.05, 0) is 47.9 Å². The number of hydrogen-bond acceptors (Lipinski definition) is 1. The molecular weight excluding hydrogens is 218 g/mol. The molecule has 1 aliphatic rings. The van der Waals surface area contributed by atoms with Gasteiger partial charge in [0.2, 0.25) is 0 Å². The monoisotopic (exact) mass is 245 g/mol. The smallest absolute Gasteiger partial charge is 0.0323 e. The number of rotatable bonds is 3. The predicted octanol–water partition coefficient (Wildman–Crippen LogP) is 4.75. The van der Waals surface area contributed by atoms with Crippen molar-refractivity contribution in [2.75, 3.05) is 6.54 Å². The quantitative estimate of drug-likeness (QED) is 0.810. The molecule has 1 unspecified atom stereocenters. The van der Waals surface area contributed by atoms with Crippen LogP contribution in [0, 0.1) is 0 Å². The van der Waals surface area contributed by atoms with E-state index in [9.17, 15) is 0 Å². The van der Waals surface area contributed by atoms with E-state index >= 15 is 0 Å². The topological polar surface area (TPSA) is 12.0 Å². The van der Waals surface area contributed by atoms with Gasteiger partial charge in [-0.2, -0.15) is 0 Å². The van der Waals surface area contributed by atoms with Gasteiger partial charge in [-0.1, -0.05) is 52.3 Å². The van der Waals surface area contributed by atoms with Crippen molar-refractivity contribution in [3.63, 3.8) is 0 Å². The van der Waals surface area contributed by atoms with Gasteiger partial charge in [0.1, 0.15) is 0 Å². The Morgan fingerprint density at radius 1 is 1.06 bits per heavy atom. The van der Waals surface area contributed by atoms with Crippen molar-refractivity contribution in [1.82, 2.24) is 5.32 Å². The van der Waals surface area contributed by atoms with Gasteiger partial charge in [-0.3, -0.25) is 0 Å². The van der Waals surface area contributed by atoms with Crippen LogP contribution >= 0.6 is 0 Å². The van der Waals surface area contributed by atoms with Gasteiger partial charge in [-0.15, -0.1) is 0 Å². The third-order valence-corrected chi connectivity index (χ3v) is 4.09. The summed E-state index contributed by atoms with van der Waals surface area (Å²) >= 11 is 0. The van der Waals surface area contributed by atoms with Crippen molar-refractivity contribution < 1.29 is 0 Å². The lowest BCUT2D eigenvalue weighted by molar-refractivity contribution is 0.409. The molecule has 0 aromatic heterocycles. The molecule has 1 saturated heterocycles. The second-order valence-electron chi connectivity index (χ2n) is 6.20. The fourth-order valence-corrected chi connectivity index (χ4v) is 2.90. The van der Waals surface area contributed by atoms with Gasteiger partial charge in [-0.25, -0.2) is 0 Å². The molecule has 0 amide bonds. The molecule has 0 bridgehead atoms. The summed E-state index contributed by atoms with van der Waals surface area (Å²) in [6, 6.07) is 7.69. The van der Waals surface area contributed by atoms with E-state index in [2.05, 4.69) is 51.2 Å². The molecule has 0 spiro atoms. The fourth-order valence-electron chi connectivity index (χ4n) is 2.90. The first-order valence-electron chi connectivity index (χ1n) is 7.46. The molecule has 0 radical (unpaired) electrons. The summed E-state index contributed by atoms with van der Waals surface area (Å²) in [4.78, 5) is 0. The van der Waals surface area contributed by atoms with E-state index in [-0.39, 0.29) is 0 Å². The molecule has 1 atom stereocenters. The predicted molar refractivity (Wildman–Crippen MR) is 79.2 cm³/mol. The van der Waals surface area contributed by atoms with E-state index in [1.165, 1.54) is 36.9 Å². The molecule has 1 aliphatic heterocycles. The minimum Gasteiger partial charge on any atom is -0.310 e. The van der Waals surface area contributed by atoms with Crippen LogP contribution in [0.2, 0.25) is 0 Å². The van der Waals surface area contributed by atoms with Crippen LogP contribution in [0.3, 0.4) is 0 Å². The van der Waals surface area contributed by atoms with Crippen LogP contribution in [0.5, 0.6) is 0 Å². The molecule has 1 heteroatoms. The summed E-state index contributed by atoms with van der Waals surface area (Å²) < 4.78 is 0. The van der Waals surface area contributed by atoms with Crippen molar-refractivity contribution in [2.45, 2.75) is 64.8 Å². The molecular formula is C17H27N. The molecule has 1 nitrogen and oxygen atoms in total. The number of piperidine rings is 1. The summed E-state index contributed by atoms with van der Waals surface area (Å²) in [5.41, 5.74) is 4.55. The van der Waals surface area contributed by atoms with Crippen LogP contribution < -0.4 is 5.32 Å². The third-order valence-electron chi connectivity index (χ3n) is 4.09. The minimum absolute atomic E-state index is 0.579. The number of hydrogen-bond donors (Lipinski definition) is 1. The van der Waals surface area contributed by atoms with Crippen LogP contribution in [0.25, 0.3) is 0 Å². The van der Waals surface area contributed by atoms with E-state index in [4.69, 9.17) is 0 Å². The van der Waals surface area contributed by atoms with Crippen LogP contribution in [0.1, 0.15) is 81.5 Å². The maximum atomic E-state index is 3.70. The summed E-state index contributed by atoms with van der Waals surface area (Å²) in [5, 5.41) is 3.70. The fraction of sp³-hybridized carbons (Fsp3) is 0.647. The second kappa shape index (κ2) is 5.88. The Kier molecular flexibility index (Phi) is 4.45. The van der Waals surface area contributed by atoms with Gasteiger partial charge in [0.05, 0.1) is 0 Å². The summed E-state index contributed by atoms with van der Waals surface area (Å²) in [7, 11) is 0. The summed E-state index contributed by atoms with van der Waals surface area (Å²) in [6.45, 7) is 10.3. The van der Waals surface area contributed by atoms with Gasteiger partial charge in [0, 0.05) is 6.04 Å². The van der Waals surface area contributed by atoms with Crippen molar-refractivity contribution in [1.29, 1.82) is 0 Å². The number of nitrogens with one attached hydrogen (secondary N) is 1. The Bertz CT molecular complexity index is 387. The zero-order valence-electron chi connectivity index (χ0n) is 12.3. The lowest BCUT2D eigenvalue weighted by atomic mass is 9.86. The van der Waals surface area contributed by atoms with Crippen LogP contribution in [0.4, 0.5) is 0 Å². The average molecular weight is 245 g/mol. The lowest BCUT2D eigenvalue weighted by Gasteiger charge is -2.28. The Hall–Kier alpha value is -0.820. The Labute approximate surface area is 112 Å². The number of benzene rings is 1. The first kappa shape index (κ1) is 13.6. The molecule has 1 fully saturated rings. The van der Waals surface area contributed by atoms with E-state index in [0.717, 1.165) is 0 Å². The van der Waals surface area contributed by atoms with Gasteiger partial charge < -0.3 is 5.32 Å². The van der Waals surface area contributed by atoms with Crippen molar-refractivity contribution in [2.24, 2.45) is 0 Å². The molecule has 2 rings (SSSR count). The van der Waals surface area contributed by atoms with Crippen LogP contribution in [-0.2, 0) is 0 Å². The first-order valence-corrected chi connectivity index (χ1v) is 7.46. The van der Waals surface area contributed by atoms with Gasteiger partial charge in [0.15, 0.2) is 0 Å². The Morgan fingerprint density at radius 2 is 1.83 bits per heavy atom. The van der Waals surface area contributed by atoms with Crippen LogP contribution in [0.15, 0.2) is 18.2 Å². The standard InChI is InChI=1S/C17H27N/c1-12(2)14-8-9-15(13(3)4)16(11-14)17-7-5-6-10-18-17/h8-9,11-13,17-18H,5-7,10H2,1-4H3. The largest absolute Gasteiger partial charge is 0.310 e. The normalized spacial score (nSPS) is 20.7. The average Bonchev–Trinajstić information content (AvgIpc) is 2.39. The Morgan fingerprint density at radius 3 is 2.39 bits per heavy atom. The Balaban J connectivity index is 2.36. The summed E-state index contributed by atoms with van der Waals surface area (Å²) in [6.07, 6.45) is 3.99.